The molecule has 0 aromatic carbocycles. The SMILES string of the molecule is CC(C)C(C)(CC(C(=O)O)C(=O)O)C(C)C. The lowest BCUT2D eigenvalue weighted by Gasteiger charge is -2.39. The van der Waals surface area contributed by atoms with Crippen molar-refractivity contribution in [2.75, 3.05) is 0 Å². The first kappa shape index (κ1) is 14.9. The lowest BCUT2D eigenvalue weighted by atomic mass is 9.66. The Balaban J connectivity index is 5.00. The van der Waals surface area contributed by atoms with Crippen LogP contribution < -0.4 is 0 Å². The van der Waals surface area contributed by atoms with Crippen molar-refractivity contribution in [3.05, 3.63) is 0 Å². The van der Waals surface area contributed by atoms with E-state index >= 15 is 0 Å². The molecule has 0 bridgehead atoms. The van der Waals surface area contributed by atoms with Crippen molar-refractivity contribution in [1.82, 2.24) is 0 Å². The van der Waals surface area contributed by atoms with Crippen LogP contribution in [-0.2, 0) is 9.59 Å². The van der Waals surface area contributed by atoms with E-state index in [4.69, 9.17) is 10.2 Å². The average Bonchev–Trinajstić information content (AvgIpc) is 2.11. The van der Waals surface area contributed by atoms with Crippen molar-refractivity contribution < 1.29 is 19.8 Å². The number of aliphatic carboxylic acids is 2. The Labute approximate surface area is 96.7 Å². The molecule has 0 spiro atoms. The lowest BCUT2D eigenvalue weighted by Crippen LogP contribution is -2.37. The summed E-state index contributed by atoms with van der Waals surface area (Å²) >= 11 is 0. The van der Waals surface area contributed by atoms with Crippen LogP contribution in [0.1, 0.15) is 41.0 Å². The number of carboxylic acids is 2. The van der Waals surface area contributed by atoms with Crippen LogP contribution in [0.5, 0.6) is 0 Å². The smallest absolute Gasteiger partial charge is 0.317 e. The van der Waals surface area contributed by atoms with Gasteiger partial charge in [-0.1, -0.05) is 34.6 Å². The third-order valence-electron chi connectivity index (χ3n) is 3.88. The van der Waals surface area contributed by atoms with Crippen LogP contribution in [0.3, 0.4) is 0 Å². The maximum absolute atomic E-state index is 10.9. The largest absolute Gasteiger partial charge is 0.481 e. The molecule has 2 N–H and O–H groups in total. The summed E-state index contributed by atoms with van der Waals surface area (Å²) in [6.07, 6.45) is 0.174. The minimum absolute atomic E-state index is 0.174. The highest BCUT2D eigenvalue weighted by molar-refractivity contribution is 5.92. The van der Waals surface area contributed by atoms with E-state index in [0.717, 1.165) is 0 Å². The van der Waals surface area contributed by atoms with Crippen molar-refractivity contribution >= 4 is 11.9 Å². The standard InChI is InChI=1S/C12H22O4/c1-7(2)12(5,8(3)4)6-9(10(13)14)11(15)16/h7-9H,6H2,1-5H3,(H,13,14)(H,15,16). The van der Waals surface area contributed by atoms with Crippen LogP contribution >= 0.6 is 0 Å². The second-order valence-electron chi connectivity index (χ2n) is 5.25. The summed E-state index contributed by atoms with van der Waals surface area (Å²) in [5.74, 6) is -3.32. The molecule has 16 heavy (non-hydrogen) atoms. The number of hydrogen-bond acceptors (Lipinski definition) is 2. The van der Waals surface area contributed by atoms with Gasteiger partial charge in [-0.25, -0.2) is 0 Å². The van der Waals surface area contributed by atoms with Crippen molar-refractivity contribution in [2.45, 2.75) is 41.0 Å². The minimum Gasteiger partial charge on any atom is -0.481 e. The fraction of sp³-hybridized carbons (Fsp3) is 0.833. The molecule has 0 saturated heterocycles. The van der Waals surface area contributed by atoms with E-state index in [1.165, 1.54) is 0 Å². The van der Waals surface area contributed by atoms with E-state index in [2.05, 4.69) is 0 Å². The van der Waals surface area contributed by atoms with Gasteiger partial charge in [-0.3, -0.25) is 9.59 Å². The summed E-state index contributed by atoms with van der Waals surface area (Å²) in [6.45, 7) is 9.96. The molecule has 0 aliphatic carbocycles. The fourth-order valence-corrected chi connectivity index (χ4v) is 1.86. The quantitative estimate of drug-likeness (QED) is 0.687. The molecule has 4 nitrogen and oxygen atoms in total. The molecule has 0 amide bonds. The van der Waals surface area contributed by atoms with Crippen LogP contribution in [0, 0.1) is 23.2 Å². The summed E-state index contributed by atoms with van der Waals surface area (Å²) in [5.41, 5.74) is -0.276. The third-order valence-corrected chi connectivity index (χ3v) is 3.88. The maximum Gasteiger partial charge on any atom is 0.317 e. The second kappa shape index (κ2) is 5.32. The lowest BCUT2D eigenvalue weighted by molar-refractivity contribution is -0.157. The Bertz CT molecular complexity index is 246. The normalized spacial score (nSPS) is 12.5. The van der Waals surface area contributed by atoms with Gasteiger partial charge in [-0.05, 0) is 23.7 Å². The zero-order chi connectivity index (χ0) is 13.1. The van der Waals surface area contributed by atoms with Gasteiger partial charge in [0.1, 0.15) is 0 Å². The van der Waals surface area contributed by atoms with Crippen LogP contribution in [0.15, 0.2) is 0 Å². The molecule has 0 radical (unpaired) electrons. The molecule has 0 unspecified atom stereocenters. The molecule has 0 atom stereocenters. The van der Waals surface area contributed by atoms with Crippen LogP contribution in [0.4, 0.5) is 0 Å². The van der Waals surface area contributed by atoms with Crippen molar-refractivity contribution in [2.24, 2.45) is 23.2 Å². The average molecular weight is 230 g/mol. The Hall–Kier alpha value is -1.06. The molecule has 4 heteroatoms. The van der Waals surface area contributed by atoms with E-state index < -0.39 is 17.9 Å². The number of carbonyl (C=O) groups is 2. The first-order valence-electron chi connectivity index (χ1n) is 5.58. The first-order valence-corrected chi connectivity index (χ1v) is 5.58. The van der Waals surface area contributed by atoms with Gasteiger partial charge in [0.05, 0.1) is 0 Å². The van der Waals surface area contributed by atoms with Gasteiger partial charge >= 0.3 is 11.9 Å². The monoisotopic (exact) mass is 230 g/mol. The topological polar surface area (TPSA) is 74.6 Å². The van der Waals surface area contributed by atoms with Crippen LogP contribution in [-0.4, -0.2) is 22.2 Å². The summed E-state index contributed by atoms with van der Waals surface area (Å²) < 4.78 is 0. The molecule has 94 valence electrons. The molecule has 0 rings (SSSR count). The summed E-state index contributed by atoms with van der Waals surface area (Å²) in [7, 11) is 0. The van der Waals surface area contributed by atoms with Crippen LogP contribution in [0.25, 0.3) is 0 Å². The van der Waals surface area contributed by atoms with E-state index in [1.54, 1.807) is 0 Å². The Morgan fingerprint density at radius 3 is 1.50 bits per heavy atom. The molecular weight excluding hydrogens is 208 g/mol. The first-order chi connectivity index (χ1) is 7.12. The molecule has 0 saturated carbocycles. The third kappa shape index (κ3) is 3.22. The molecule has 0 fully saturated rings. The number of rotatable bonds is 6. The van der Waals surface area contributed by atoms with Gasteiger partial charge in [-0.2, -0.15) is 0 Å². The highest BCUT2D eigenvalue weighted by Crippen LogP contribution is 2.41. The maximum atomic E-state index is 10.9. The van der Waals surface area contributed by atoms with Gasteiger partial charge < -0.3 is 10.2 Å². The van der Waals surface area contributed by atoms with Gasteiger partial charge in [-0.15, -0.1) is 0 Å². The molecule has 0 aromatic rings. The predicted octanol–water partition coefficient (Wildman–Crippen LogP) is 2.48. The van der Waals surface area contributed by atoms with Gasteiger partial charge in [0.25, 0.3) is 0 Å². The minimum atomic E-state index is -1.31. The summed E-state index contributed by atoms with van der Waals surface area (Å²) in [5, 5.41) is 17.8. The molecule has 0 aliphatic rings. The molecule has 0 aliphatic heterocycles. The van der Waals surface area contributed by atoms with Crippen LogP contribution in [0.2, 0.25) is 0 Å². The summed E-state index contributed by atoms with van der Waals surface area (Å²) in [4.78, 5) is 21.8. The van der Waals surface area contributed by atoms with Gasteiger partial charge in [0.15, 0.2) is 5.92 Å². The highest BCUT2D eigenvalue weighted by atomic mass is 16.4. The van der Waals surface area contributed by atoms with E-state index in [0.29, 0.717) is 0 Å². The van der Waals surface area contributed by atoms with E-state index in [-0.39, 0.29) is 23.7 Å². The molecule has 0 heterocycles. The Morgan fingerprint density at radius 2 is 1.31 bits per heavy atom. The summed E-state index contributed by atoms with van der Waals surface area (Å²) in [6, 6.07) is 0. The predicted molar refractivity (Wildman–Crippen MR) is 61.2 cm³/mol. The number of carboxylic acid groups (broad SMARTS) is 2. The number of hydrogen-bond donors (Lipinski definition) is 2. The second-order valence-corrected chi connectivity index (χ2v) is 5.25. The fourth-order valence-electron chi connectivity index (χ4n) is 1.86. The highest BCUT2D eigenvalue weighted by Gasteiger charge is 2.39. The Morgan fingerprint density at radius 1 is 1.00 bits per heavy atom. The van der Waals surface area contributed by atoms with Gasteiger partial charge in [0.2, 0.25) is 0 Å². The zero-order valence-electron chi connectivity index (χ0n) is 10.7. The van der Waals surface area contributed by atoms with Gasteiger partial charge in [0, 0.05) is 0 Å². The zero-order valence-corrected chi connectivity index (χ0v) is 10.7. The molecular formula is C12H22O4. The van der Waals surface area contributed by atoms with E-state index in [9.17, 15) is 9.59 Å². The van der Waals surface area contributed by atoms with Crippen molar-refractivity contribution in [3.63, 3.8) is 0 Å². The van der Waals surface area contributed by atoms with Crippen molar-refractivity contribution in [1.29, 1.82) is 0 Å². The molecule has 0 aromatic heterocycles. The van der Waals surface area contributed by atoms with Crippen molar-refractivity contribution in [3.8, 4) is 0 Å². The van der Waals surface area contributed by atoms with E-state index in [1.807, 2.05) is 34.6 Å². The Kier molecular flexibility index (Phi) is 4.97.